The molecule has 1 aliphatic carbocycles. The summed E-state index contributed by atoms with van der Waals surface area (Å²) in [5.41, 5.74) is 6.94. The highest BCUT2D eigenvalue weighted by Crippen LogP contribution is 2.26. The van der Waals surface area contributed by atoms with E-state index in [4.69, 9.17) is 5.73 Å². The molecule has 0 spiro atoms. The van der Waals surface area contributed by atoms with E-state index in [1.807, 2.05) is 0 Å². The molecular weight excluding hydrogens is 248 g/mol. The maximum absolute atomic E-state index is 5.67. The third kappa shape index (κ3) is 2.68. The van der Waals surface area contributed by atoms with Gasteiger partial charge in [-0.2, -0.15) is 0 Å². The molecule has 0 bridgehead atoms. The van der Waals surface area contributed by atoms with Crippen LogP contribution < -0.4 is 5.73 Å². The van der Waals surface area contributed by atoms with Gasteiger partial charge in [0.25, 0.3) is 0 Å². The molecular formula is C9H15BrN2S. The summed E-state index contributed by atoms with van der Waals surface area (Å²) in [6.45, 7) is 0. The molecule has 2 rings (SSSR count). The maximum atomic E-state index is 5.67. The summed E-state index contributed by atoms with van der Waals surface area (Å²) in [7, 11) is 0. The number of fused-ring (bicyclic) bond motifs is 1. The van der Waals surface area contributed by atoms with Gasteiger partial charge >= 0.3 is 0 Å². The normalized spacial score (nSPS) is 16.6. The van der Waals surface area contributed by atoms with E-state index < -0.39 is 0 Å². The number of nitrogens with two attached hydrogens (primary N) is 1. The van der Waals surface area contributed by atoms with E-state index in [0.717, 1.165) is 11.6 Å². The number of halogens is 1. The van der Waals surface area contributed by atoms with Gasteiger partial charge in [0, 0.05) is 4.88 Å². The molecule has 1 aromatic rings. The second-order valence-corrected chi connectivity index (χ2v) is 4.45. The lowest BCUT2D eigenvalue weighted by atomic mass is 10.0. The summed E-state index contributed by atoms with van der Waals surface area (Å²) in [6.07, 6.45) is 7.67. The predicted molar refractivity (Wildman–Crippen MR) is 62.7 cm³/mol. The summed E-state index contributed by atoms with van der Waals surface area (Å²) in [5.74, 6) is 0. The Morgan fingerprint density at radius 2 is 1.77 bits per heavy atom. The Balaban J connectivity index is 0.000000845. The van der Waals surface area contributed by atoms with Gasteiger partial charge < -0.3 is 5.73 Å². The minimum Gasteiger partial charge on any atom is -0.375 e. The molecule has 0 unspecified atom stereocenters. The minimum atomic E-state index is 0. The van der Waals surface area contributed by atoms with Crippen molar-refractivity contribution in [2.75, 3.05) is 5.73 Å². The van der Waals surface area contributed by atoms with Gasteiger partial charge in [0.2, 0.25) is 0 Å². The minimum absolute atomic E-state index is 0. The molecule has 1 heterocycles. The summed E-state index contributed by atoms with van der Waals surface area (Å²) in [4.78, 5) is 5.79. The van der Waals surface area contributed by atoms with Crippen LogP contribution >= 0.6 is 28.3 Å². The van der Waals surface area contributed by atoms with Crippen LogP contribution in [-0.4, -0.2) is 4.98 Å². The fourth-order valence-electron chi connectivity index (χ4n) is 1.73. The van der Waals surface area contributed by atoms with E-state index in [9.17, 15) is 0 Å². The number of hydrogen-bond acceptors (Lipinski definition) is 3. The van der Waals surface area contributed by atoms with Gasteiger partial charge in [-0.1, -0.05) is 12.8 Å². The van der Waals surface area contributed by atoms with Crippen molar-refractivity contribution in [3.05, 3.63) is 10.6 Å². The Kier molecular flexibility index (Phi) is 4.19. The van der Waals surface area contributed by atoms with E-state index in [-0.39, 0.29) is 17.0 Å². The number of rotatable bonds is 0. The number of aromatic nitrogens is 1. The lowest BCUT2D eigenvalue weighted by Gasteiger charge is -2.06. The molecule has 0 saturated heterocycles. The van der Waals surface area contributed by atoms with Gasteiger partial charge in [0.05, 0.1) is 5.69 Å². The molecule has 0 atom stereocenters. The first-order chi connectivity index (χ1) is 5.86. The van der Waals surface area contributed by atoms with Gasteiger partial charge in [0.15, 0.2) is 5.13 Å². The number of thiazole rings is 1. The molecule has 0 radical (unpaired) electrons. The molecule has 0 aromatic carbocycles. The largest absolute Gasteiger partial charge is 0.375 e. The molecule has 0 aliphatic heterocycles. The van der Waals surface area contributed by atoms with Crippen molar-refractivity contribution >= 4 is 33.4 Å². The Bertz CT molecular complexity index is 247. The summed E-state index contributed by atoms with van der Waals surface area (Å²) in [6, 6.07) is 0. The Morgan fingerprint density at radius 3 is 2.54 bits per heavy atom. The van der Waals surface area contributed by atoms with Crippen molar-refractivity contribution in [1.82, 2.24) is 4.98 Å². The lowest BCUT2D eigenvalue weighted by molar-refractivity contribution is 0.616. The van der Waals surface area contributed by atoms with Crippen LogP contribution in [0.2, 0.25) is 0 Å². The molecule has 74 valence electrons. The molecule has 2 N–H and O–H groups in total. The SMILES string of the molecule is Br.Nc1nc2c(s1)CCCCCC2. The average molecular weight is 263 g/mol. The van der Waals surface area contributed by atoms with Crippen molar-refractivity contribution in [1.29, 1.82) is 0 Å². The first kappa shape index (κ1) is 11.0. The number of hydrogen-bond donors (Lipinski definition) is 1. The third-order valence-electron chi connectivity index (χ3n) is 2.36. The molecule has 2 nitrogen and oxygen atoms in total. The van der Waals surface area contributed by atoms with Crippen LogP contribution in [0.15, 0.2) is 0 Å². The summed E-state index contributed by atoms with van der Waals surface area (Å²) in [5, 5.41) is 0.752. The summed E-state index contributed by atoms with van der Waals surface area (Å²) < 4.78 is 0. The number of aryl methyl sites for hydroxylation is 2. The second-order valence-electron chi connectivity index (χ2n) is 3.34. The first-order valence-corrected chi connectivity index (χ1v) is 5.42. The van der Waals surface area contributed by atoms with E-state index in [1.165, 1.54) is 42.7 Å². The van der Waals surface area contributed by atoms with Gasteiger partial charge in [-0.05, 0) is 25.7 Å². The Morgan fingerprint density at radius 1 is 1.08 bits per heavy atom. The van der Waals surface area contributed by atoms with Gasteiger partial charge in [0.1, 0.15) is 0 Å². The van der Waals surface area contributed by atoms with Crippen LogP contribution in [0, 0.1) is 0 Å². The average Bonchev–Trinajstić information content (AvgIpc) is 2.32. The number of nitrogen functional groups attached to an aromatic ring is 1. The molecule has 1 aromatic heterocycles. The zero-order valence-electron chi connectivity index (χ0n) is 7.58. The zero-order valence-corrected chi connectivity index (χ0v) is 10.1. The zero-order chi connectivity index (χ0) is 8.39. The van der Waals surface area contributed by atoms with Crippen LogP contribution in [-0.2, 0) is 12.8 Å². The maximum Gasteiger partial charge on any atom is 0.180 e. The molecule has 13 heavy (non-hydrogen) atoms. The monoisotopic (exact) mass is 262 g/mol. The van der Waals surface area contributed by atoms with Crippen LogP contribution in [0.4, 0.5) is 5.13 Å². The van der Waals surface area contributed by atoms with Gasteiger partial charge in [-0.15, -0.1) is 28.3 Å². The van der Waals surface area contributed by atoms with Gasteiger partial charge in [-0.25, -0.2) is 4.98 Å². The van der Waals surface area contributed by atoms with E-state index in [2.05, 4.69) is 4.98 Å². The topological polar surface area (TPSA) is 38.9 Å². The quantitative estimate of drug-likeness (QED) is 0.781. The molecule has 1 aliphatic rings. The molecule has 4 heteroatoms. The molecule has 0 saturated carbocycles. The van der Waals surface area contributed by atoms with Crippen molar-refractivity contribution < 1.29 is 0 Å². The van der Waals surface area contributed by atoms with Gasteiger partial charge in [-0.3, -0.25) is 0 Å². The highest BCUT2D eigenvalue weighted by molar-refractivity contribution is 8.93. The van der Waals surface area contributed by atoms with E-state index in [0.29, 0.717) is 0 Å². The lowest BCUT2D eigenvalue weighted by Crippen LogP contribution is -1.96. The fourth-order valence-corrected chi connectivity index (χ4v) is 2.65. The van der Waals surface area contributed by atoms with E-state index in [1.54, 1.807) is 11.3 Å². The Hall–Kier alpha value is -0.0900. The van der Waals surface area contributed by atoms with Crippen molar-refractivity contribution in [3.63, 3.8) is 0 Å². The van der Waals surface area contributed by atoms with Crippen LogP contribution in [0.3, 0.4) is 0 Å². The second kappa shape index (κ2) is 4.96. The van der Waals surface area contributed by atoms with Crippen LogP contribution in [0.5, 0.6) is 0 Å². The van der Waals surface area contributed by atoms with E-state index >= 15 is 0 Å². The Labute approximate surface area is 93.3 Å². The third-order valence-corrected chi connectivity index (χ3v) is 3.35. The smallest absolute Gasteiger partial charge is 0.180 e. The van der Waals surface area contributed by atoms with Crippen molar-refractivity contribution in [2.24, 2.45) is 0 Å². The molecule has 0 fully saturated rings. The standard InChI is InChI=1S/C9H14N2S.BrH/c10-9-11-7-5-3-1-2-4-6-8(7)12-9;/h1-6H2,(H2,10,11);1H. The fraction of sp³-hybridized carbons (Fsp3) is 0.667. The summed E-state index contributed by atoms with van der Waals surface area (Å²) >= 11 is 1.68. The highest BCUT2D eigenvalue weighted by atomic mass is 79.9. The van der Waals surface area contributed by atoms with Crippen molar-refractivity contribution in [2.45, 2.75) is 38.5 Å². The van der Waals surface area contributed by atoms with Crippen LogP contribution in [0.1, 0.15) is 36.3 Å². The molecule has 0 amide bonds. The van der Waals surface area contributed by atoms with Crippen LogP contribution in [0.25, 0.3) is 0 Å². The predicted octanol–water partition coefficient (Wildman–Crippen LogP) is 2.96. The van der Waals surface area contributed by atoms with Crippen molar-refractivity contribution in [3.8, 4) is 0 Å². The first-order valence-electron chi connectivity index (χ1n) is 4.60. The highest BCUT2D eigenvalue weighted by Gasteiger charge is 2.11. The number of anilines is 1. The number of nitrogens with zero attached hydrogens (tertiary/aromatic N) is 1.